The Hall–Kier alpha value is -1.31. The molecule has 2 rings (SSSR count). The first-order valence-corrected chi connectivity index (χ1v) is 6.76. The molecule has 0 bridgehead atoms. The fraction of sp³-hybridized carbons (Fsp3) is 0. The van der Waals surface area contributed by atoms with E-state index < -0.39 is 10.3 Å². The van der Waals surface area contributed by atoms with Crippen LogP contribution in [-0.4, -0.2) is 13.5 Å². The Kier molecular flexibility index (Phi) is 2.98. The van der Waals surface area contributed by atoms with E-state index in [0.717, 1.165) is 5.39 Å². The SMILES string of the molecule is NS(=O)(=O)Oc1cc(Br)c2ccc(O)cc2c1. The number of fused-ring (bicyclic) bond motifs is 1. The molecule has 2 aromatic rings. The molecule has 17 heavy (non-hydrogen) atoms. The zero-order valence-corrected chi connectivity index (χ0v) is 10.8. The third-order valence-corrected chi connectivity index (χ3v) is 3.15. The van der Waals surface area contributed by atoms with Crippen LogP contribution in [0.15, 0.2) is 34.8 Å². The molecule has 0 atom stereocenters. The van der Waals surface area contributed by atoms with Crippen LogP contribution < -0.4 is 9.32 Å². The number of aromatic hydroxyl groups is 1. The number of rotatable bonds is 2. The van der Waals surface area contributed by atoms with Gasteiger partial charge in [-0.3, -0.25) is 0 Å². The zero-order valence-electron chi connectivity index (χ0n) is 8.42. The van der Waals surface area contributed by atoms with Gasteiger partial charge in [0.15, 0.2) is 0 Å². The second-order valence-corrected chi connectivity index (χ2v) is 5.39. The van der Waals surface area contributed by atoms with E-state index in [-0.39, 0.29) is 11.5 Å². The molecule has 0 saturated carbocycles. The first kappa shape index (κ1) is 12.2. The van der Waals surface area contributed by atoms with Crippen molar-refractivity contribution < 1.29 is 17.7 Å². The van der Waals surface area contributed by atoms with Crippen LogP contribution in [-0.2, 0) is 10.3 Å². The van der Waals surface area contributed by atoms with Crippen LogP contribution in [0.4, 0.5) is 0 Å². The van der Waals surface area contributed by atoms with Gasteiger partial charge in [-0.25, -0.2) is 0 Å². The van der Waals surface area contributed by atoms with Crippen LogP contribution in [0.1, 0.15) is 0 Å². The van der Waals surface area contributed by atoms with Crippen LogP contribution in [0.3, 0.4) is 0 Å². The van der Waals surface area contributed by atoms with Crippen molar-refractivity contribution in [1.82, 2.24) is 0 Å². The zero-order chi connectivity index (χ0) is 12.6. The van der Waals surface area contributed by atoms with E-state index in [0.29, 0.717) is 9.86 Å². The summed E-state index contributed by atoms with van der Waals surface area (Å²) >= 11 is 3.28. The van der Waals surface area contributed by atoms with Gasteiger partial charge in [0, 0.05) is 4.47 Å². The molecule has 90 valence electrons. The first-order valence-electron chi connectivity index (χ1n) is 4.50. The number of halogens is 1. The van der Waals surface area contributed by atoms with Gasteiger partial charge in [-0.15, -0.1) is 0 Å². The Bertz CT molecular complexity index is 684. The van der Waals surface area contributed by atoms with Crippen molar-refractivity contribution in [3.63, 3.8) is 0 Å². The Morgan fingerprint density at radius 2 is 1.94 bits per heavy atom. The minimum absolute atomic E-state index is 0.0807. The van der Waals surface area contributed by atoms with E-state index in [9.17, 15) is 13.5 Å². The molecule has 0 amide bonds. The Morgan fingerprint density at radius 1 is 1.24 bits per heavy atom. The molecule has 5 nitrogen and oxygen atoms in total. The van der Waals surface area contributed by atoms with Gasteiger partial charge >= 0.3 is 10.3 Å². The van der Waals surface area contributed by atoms with Gasteiger partial charge in [0.2, 0.25) is 0 Å². The minimum Gasteiger partial charge on any atom is -0.508 e. The fourth-order valence-electron chi connectivity index (χ4n) is 1.47. The van der Waals surface area contributed by atoms with Gasteiger partial charge in [-0.2, -0.15) is 13.6 Å². The Balaban J connectivity index is 2.61. The molecular formula is C10H8BrNO4S. The highest BCUT2D eigenvalue weighted by atomic mass is 79.9. The molecule has 0 saturated heterocycles. The molecule has 0 fully saturated rings. The molecule has 0 aliphatic heterocycles. The lowest BCUT2D eigenvalue weighted by Crippen LogP contribution is -2.18. The van der Waals surface area contributed by atoms with E-state index in [4.69, 9.17) is 5.14 Å². The highest BCUT2D eigenvalue weighted by Gasteiger charge is 2.08. The monoisotopic (exact) mass is 317 g/mol. The van der Waals surface area contributed by atoms with E-state index >= 15 is 0 Å². The molecule has 0 aliphatic carbocycles. The molecule has 0 unspecified atom stereocenters. The van der Waals surface area contributed by atoms with Crippen LogP contribution >= 0.6 is 15.9 Å². The summed E-state index contributed by atoms with van der Waals surface area (Å²) in [7, 11) is -4.06. The van der Waals surface area contributed by atoms with E-state index in [1.807, 2.05) is 0 Å². The van der Waals surface area contributed by atoms with Crippen molar-refractivity contribution in [2.45, 2.75) is 0 Å². The van der Waals surface area contributed by atoms with Gasteiger partial charge in [-0.1, -0.05) is 15.9 Å². The van der Waals surface area contributed by atoms with Gasteiger partial charge in [0.25, 0.3) is 0 Å². The van der Waals surface area contributed by atoms with Crippen LogP contribution in [0, 0.1) is 0 Å². The Morgan fingerprint density at radius 3 is 2.59 bits per heavy atom. The first-order chi connectivity index (χ1) is 7.85. The summed E-state index contributed by atoms with van der Waals surface area (Å²) in [5.74, 6) is 0.162. The van der Waals surface area contributed by atoms with Crippen LogP contribution in [0.2, 0.25) is 0 Å². The third kappa shape index (κ3) is 2.87. The molecule has 0 aliphatic rings. The van der Waals surface area contributed by atoms with Gasteiger partial charge in [-0.05, 0) is 41.1 Å². The molecule has 3 N–H and O–H groups in total. The quantitative estimate of drug-likeness (QED) is 0.885. The molecule has 0 spiro atoms. The van der Waals surface area contributed by atoms with Gasteiger partial charge in [0.1, 0.15) is 11.5 Å². The lowest BCUT2D eigenvalue weighted by Gasteiger charge is -2.06. The molecule has 2 aromatic carbocycles. The maximum Gasteiger partial charge on any atom is 0.380 e. The number of hydrogen-bond acceptors (Lipinski definition) is 4. The number of nitrogens with two attached hydrogens (primary N) is 1. The highest BCUT2D eigenvalue weighted by molar-refractivity contribution is 9.10. The van der Waals surface area contributed by atoms with E-state index in [1.54, 1.807) is 6.07 Å². The number of hydrogen-bond donors (Lipinski definition) is 2. The third-order valence-electron chi connectivity index (χ3n) is 2.07. The second-order valence-electron chi connectivity index (χ2n) is 3.39. The topological polar surface area (TPSA) is 89.6 Å². The van der Waals surface area contributed by atoms with Crippen LogP contribution in [0.5, 0.6) is 11.5 Å². The Labute approximate surface area is 106 Å². The summed E-state index contributed by atoms with van der Waals surface area (Å²) in [5.41, 5.74) is 0. The largest absolute Gasteiger partial charge is 0.508 e. The summed E-state index contributed by atoms with van der Waals surface area (Å²) in [6, 6.07) is 7.70. The smallest absolute Gasteiger partial charge is 0.380 e. The van der Waals surface area contributed by atoms with Crippen molar-refractivity contribution in [1.29, 1.82) is 0 Å². The number of phenolic OH excluding ortho intramolecular Hbond substituents is 1. The van der Waals surface area contributed by atoms with E-state index in [1.165, 1.54) is 24.3 Å². The van der Waals surface area contributed by atoms with Crippen molar-refractivity contribution in [3.8, 4) is 11.5 Å². The lowest BCUT2D eigenvalue weighted by atomic mass is 10.1. The fourth-order valence-corrected chi connectivity index (χ4v) is 2.42. The molecule has 0 heterocycles. The van der Waals surface area contributed by atoms with Crippen molar-refractivity contribution in [2.75, 3.05) is 0 Å². The number of phenols is 1. The summed E-state index contributed by atoms with van der Waals surface area (Å²) in [6.45, 7) is 0. The maximum atomic E-state index is 10.8. The average Bonchev–Trinajstić information content (AvgIpc) is 2.13. The standard InChI is InChI=1S/C10H8BrNO4S/c11-10-5-8(16-17(12,14)15)4-6-3-7(13)1-2-9(6)10/h1-5,13H,(H2,12,14,15). The van der Waals surface area contributed by atoms with E-state index in [2.05, 4.69) is 20.1 Å². The lowest BCUT2D eigenvalue weighted by molar-refractivity contribution is 0.476. The van der Waals surface area contributed by atoms with Gasteiger partial charge in [0.05, 0.1) is 0 Å². The summed E-state index contributed by atoms with van der Waals surface area (Å²) in [6.07, 6.45) is 0. The van der Waals surface area contributed by atoms with Crippen molar-refractivity contribution in [2.24, 2.45) is 5.14 Å². The predicted octanol–water partition coefficient (Wildman–Crippen LogP) is 1.89. The number of benzene rings is 2. The summed E-state index contributed by atoms with van der Waals surface area (Å²) in [4.78, 5) is 0. The van der Waals surface area contributed by atoms with Gasteiger partial charge < -0.3 is 9.29 Å². The maximum absolute atomic E-state index is 10.8. The summed E-state index contributed by atoms with van der Waals surface area (Å²) in [5, 5.41) is 15.6. The normalized spacial score (nSPS) is 11.6. The molecule has 0 aromatic heterocycles. The molecular weight excluding hydrogens is 310 g/mol. The minimum atomic E-state index is -4.06. The highest BCUT2D eigenvalue weighted by Crippen LogP contribution is 2.31. The second kappa shape index (κ2) is 4.17. The van der Waals surface area contributed by atoms with Crippen molar-refractivity contribution >= 4 is 37.0 Å². The summed E-state index contributed by atoms with van der Waals surface area (Å²) < 4.78 is 26.8. The predicted molar refractivity (Wildman–Crippen MR) is 67.0 cm³/mol. The molecule has 0 radical (unpaired) electrons. The van der Waals surface area contributed by atoms with Crippen LogP contribution in [0.25, 0.3) is 10.8 Å². The molecule has 7 heteroatoms. The van der Waals surface area contributed by atoms with Crippen molar-refractivity contribution in [3.05, 3.63) is 34.8 Å². The average molecular weight is 318 g/mol.